The van der Waals surface area contributed by atoms with Gasteiger partial charge in [-0.15, -0.1) is 0 Å². The van der Waals surface area contributed by atoms with Crippen molar-refractivity contribution in [3.8, 4) is 0 Å². The number of nitrogens with zero attached hydrogens (tertiary/aromatic N) is 1. The van der Waals surface area contributed by atoms with Crippen molar-refractivity contribution >= 4 is 17.7 Å². The second-order valence-electron chi connectivity index (χ2n) is 8.67. The average Bonchev–Trinajstić information content (AvgIpc) is 2.54. The van der Waals surface area contributed by atoms with Gasteiger partial charge in [0.15, 0.2) is 0 Å². The predicted molar refractivity (Wildman–Crippen MR) is 107 cm³/mol. The summed E-state index contributed by atoms with van der Waals surface area (Å²) >= 11 is 0. The van der Waals surface area contributed by atoms with E-state index in [2.05, 4.69) is 0 Å². The summed E-state index contributed by atoms with van der Waals surface area (Å²) in [5.74, 6) is -5.10. The number of rotatable bonds is 7. The Morgan fingerprint density at radius 2 is 1.57 bits per heavy atom. The van der Waals surface area contributed by atoms with Crippen LogP contribution in [0.4, 0.5) is 4.39 Å². The highest BCUT2D eigenvalue weighted by Gasteiger charge is 2.68. The molecule has 0 saturated carbocycles. The van der Waals surface area contributed by atoms with Crippen LogP contribution in [-0.2, 0) is 14.4 Å². The minimum absolute atomic E-state index is 0.173. The summed E-state index contributed by atoms with van der Waals surface area (Å²) in [5, 5.41) is 0. The van der Waals surface area contributed by atoms with E-state index >= 15 is 4.39 Å². The van der Waals surface area contributed by atoms with Crippen molar-refractivity contribution in [1.29, 1.82) is 0 Å². The Morgan fingerprint density at radius 1 is 1.11 bits per heavy atom. The molecule has 0 aromatic heterocycles. The van der Waals surface area contributed by atoms with Crippen LogP contribution in [0.3, 0.4) is 0 Å². The van der Waals surface area contributed by atoms with E-state index in [0.717, 1.165) is 0 Å². The van der Waals surface area contributed by atoms with Crippen LogP contribution in [-0.4, -0.2) is 34.7 Å². The molecular formula is C21H34FN3O3. The molecule has 0 spiro atoms. The Bertz CT molecular complexity index is 718. The minimum Gasteiger partial charge on any atom is -0.369 e. The van der Waals surface area contributed by atoms with Gasteiger partial charge in [-0.2, -0.15) is 0 Å². The van der Waals surface area contributed by atoms with Gasteiger partial charge >= 0.3 is 0 Å². The zero-order valence-electron chi connectivity index (χ0n) is 18.2. The van der Waals surface area contributed by atoms with E-state index < -0.39 is 46.2 Å². The first-order chi connectivity index (χ1) is 12.7. The van der Waals surface area contributed by atoms with Gasteiger partial charge in [0.25, 0.3) is 0 Å². The lowest BCUT2D eigenvalue weighted by molar-refractivity contribution is -0.169. The maximum absolute atomic E-state index is 16.0. The van der Waals surface area contributed by atoms with Gasteiger partial charge in [-0.25, -0.2) is 4.39 Å². The van der Waals surface area contributed by atoms with Gasteiger partial charge in [0, 0.05) is 12.1 Å². The van der Waals surface area contributed by atoms with Gasteiger partial charge in [-0.3, -0.25) is 14.4 Å². The first-order valence-electron chi connectivity index (χ1n) is 9.65. The molecule has 3 atom stereocenters. The van der Waals surface area contributed by atoms with Crippen molar-refractivity contribution in [2.45, 2.75) is 67.5 Å². The lowest BCUT2D eigenvalue weighted by Crippen LogP contribution is -2.66. The number of hydrogen-bond acceptors (Lipinski definition) is 3. The lowest BCUT2D eigenvalue weighted by Gasteiger charge is -2.53. The van der Waals surface area contributed by atoms with Gasteiger partial charge in [-0.05, 0) is 53.0 Å². The standard InChI is InChI=1S/C21H34FN3O3/c1-11(2)20(8,18(24)27)21(19(28)25(12(3)4)13(5)6)15(17(23)26)10-9-14(7)16(21)22/h9-13,15H,1-8H3,(H2,23,26)(H2,24,27). The number of amides is 3. The first kappa shape index (κ1) is 23.9. The summed E-state index contributed by atoms with van der Waals surface area (Å²) in [6.07, 6.45) is 2.84. The lowest BCUT2D eigenvalue weighted by atomic mass is 9.50. The van der Waals surface area contributed by atoms with Crippen LogP contribution in [0.1, 0.15) is 55.4 Å². The van der Waals surface area contributed by atoms with Crippen molar-refractivity contribution in [1.82, 2.24) is 4.90 Å². The largest absolute Gasteiger partial charge is 0.369 e. The summed E-state index contributed by atoms with van der Waals surface area (Å²) in [4.78, 5) is 40.7. The molecule has 3 unspecified atom stereocenters. The molecule has 0 aromatic carbocycles. The maximum Gasteiger partial charge on any atom is 0.238 e. The molecule has 0 aliphatic heterocycles. The molecule has 6 nitrogen and oxygen atoms in total. The molecule has 158 valence electrons. The highest BCUT2D eigenvalue weighted by molar-refractivity contribution is 6.00. The predicted octanol–water partition coefficient (Wildman–Crippen LogP) is 2.68. The number of primary amides is 2. The summed E-state index contributed by atoms with van der Waals surface area (Å²) in [6.45, 7) is 13.5. The molecule has 28 heavy (non-hydrogen) atoms. The number of carbonyl (C=O) groups is 3. The van der Waals surface area contributed by atoms with Gasteiger partial charge in [0.2, 0.25) is 17.7 Å². The molecule has 1 aliphatic carbocycles. The van der Waals surface area contributed by atoms with Gasteiger partial charge in [0.05, 0.1) is 11.3 Å². The summed E-state index contributed by atoms with van der Waals surface area (Å²) in [6, 6.07) is -0.581. The van der Waals surface area contributed by atoms with Crippen molar-refractivity contribution < 1.29 is 18.8 Å². The van der Waals surface area contributed by atoms with Crippen molar-refractivity contribution in [3.05, 3.63) is 23.6 Å². The molecular weight excluding hydrogens is 361 g/mol. The fourth-order valence-electron chi connectivity index (χ4n) is 4.42. The second-order valence-corrected chi connectivity index (χ2v) is 8.67. The molecule has 0 saturated heterocycles. The first-order valence-corrected chi connectivity index (χ1v) is 9.65. The summed E-state index contributed by atoms with van der Waals surface area (Å²) in [7, 11) is 0. The molecule has 3 amide bonds. The maximum atomic E-state index is 16.0. The Kier molecular flexibility index (Phi) is 6.86. The fraction of sp³-hybridized carbons (Fsp3) is 0.667. The minimum atomic E-state index is -2.15. The zero-order valence-corrected chi connectivity index (χ0v) is 18.2. The van der Waals surface area contributed by atoms with E-state index in [4.69, 9.17) is 11.5 Å². The summed E-state index contributed by atoms with van der Waals surface area (Å²) in [5.41, 5.74) is 7.74. The van der Waals surface area contributed by atoms with Gasteiger partial charge in [-0.1, -0.05) is 26.0 Å². The van der Waals surface area contributed by atoms with Crippen LogP contribution in [0.5, 0.6) is 0 Å². The fourth-order valence-corrected chi connectivity index (χ4v) is 4.42. The molecule has 7 heteroatoms. The third kappa shape index (κ3) is 3.25. The summed E-state index contributed by atoms with van der Waals surface area (Å²) < 4.78 is 16.0. The van der Waals surface area contributed by atoms with E-state index in [1.807, 2.05) is 0 Å². The number of nitrogens with two attached hydrogens (primary N) is 2. The molecule has 0 fully saturated rings. The SMILES string of the molecule is CC1=C(F)C(C(=O)N(C(C)C)C(C)C)(C(C)(C(N)=O)C(C)C)C(C(N)=O)C=C1. The van der Waals surface area contributed by atoms with Crippen LogP contribution < -0.4 is 11.5 Å². The van der Waals surface area contributed by atoms with Crippen molar-refractivity contribution in [2.24, 2.45) is 34.1 Å². The number of carbonyl (C=O) groups excluding carboxylic acids is 3. The Hall–Kier alpha value is -2.18. The van der Waals surface area contributed by atoms with Crippen LogP contribution in [0.25, 0.3) is 0 Å². The van der Waals surface area contributed by atoms with Crippen LogP contribution in [0.2, 0.25) is 0 Å². The molecule has 0 radical (unpaired) electrons. The van der Waals surface area contributed by atoms with Crippen LogP contribution in [0.15, 0.2) is 23.6 Å². The van der Waals surface area contributed by atoms with E-state index in [1.165, 1.54) is 30.9 Å². The zero-order chi connectivity index (χ0) is 22.2. The van der Waals surface area contributed by atoms with Gasteiger partial charge in [0.1, 0.15) is 11.2 Å². The number of allylic oxidation sites excluding steroid dienone is 2. The van der Waals surface area contributed by atoms with Crippen molar-refractivity contribution in [2.75, 3.05) is 0 Å². The molecule has 0 bridgehead atoms. The highest BCUT2D eigenvalue weighted by Crippen LogP contribution is 2.59. The smallest absolute Gasteiger partial charge is 0.238 e. The number of halogens is 1. The Morgan fingerprint density at radius 3 is 1.89 bits per heavy atom. The monoisotopic (exact) mass is 395 g/mol. The van der Waals surface area contributed by atoms with E-state index in [-0.39, 0.29) is 17.7 Å². The Labute approximate surface area is 167 Å². The quantitative estimate of drug-likeness (QED) is 0.692. The normalized spacial score (nSPS) is 24.6. The topological polar surface area (TPSA) is 106 Å². The van der Waals surface area contributed by atoms with E-state index in [1.54, 1.807) is 41.5 Å². The molecule has 0 aromatic rings. The number of hydrogen-bond donors (Lipinski definition) is 2. The molecule has 1 aliphatic rings. The third-order valence-corrected chi connectivity index (χ3v) is 6.17. The third-order valence-electron chi connectivity index (χ3n) is 6.17. The highest BCUT2D eigenvalue weighted by atomic mass is 19.1. The van der Waals surface area contributed by atoms with E-state index in [0.29, 0.717) is 0 Å². The molecule has 4 N–H and O–H groups in total. The molecule has 1 rings (SSSR count). The van der Waals surface area contributed by atoms with Gasteiger partial charge < -0.3 is 16.4 Å². The Balaban J connectivity index is 4.13. The van der Waals surface area contributed by atoms with Crippen LogP contribution in [0, 0.1) is 22.7 Å². The van der Waals surface area contributed by atoms with Crippen molar-refractivity contribution in [3.63, 3.8) is 0 Å². The van der Waals surface area contributed by atoms with E-state index in [9.17, 15) is 14.4 Å². The average molecular weight is 396 g/mol. The van der Waals surface area contributed by atoms with Crippen LogP contribution >= 0.6 is 0 Å². The second kappa shape index (κ2) is 8.05. The molecule has 0 heterocycles.